The van der Waals surface area contributed by atoms with Gasteiger partial charge in [0.15, 0.2) is 5.76 Å². The molecule has 22 heavy (non-hydrogen) atoms. The van der Waals surface area contributed by atoms with Crippen molar-refractivity contribution in [2.24, 2.45) is 0 Å². The number of carbonyl (C=O) groups excluding carboxylic acids is 1. The number of H-pyrrole nitrogens is 1. The number of hydrogen-bond donors (Lipinski definition) is 2. The molecular weight excluding hydrogens is 283 g/mol. The van der Waals surface area contributed by atoms with Crippen molar-refractivity contribution in [1.29, 1.82) is 0 Å². The number of aromatic nitrogens is 1. The number of hydrogen-bond acceptors (Lipinski definition) is 2. The second-order valence-corrected chi connectivity index (χ2v) is 5.83. The Labute approximate surface area is 126 Å². The standard InChI is InChI=1S/C17H15FN2O2/c18-11-3-4-14-12(8-11)13(9-19-14)17(5-6-17)10-20-16(21)15-2-1-7-22-15/h1-4,7-9,19H,5-6,10H2,(H,20,21). The summed E-state index contributed by atoms with van der Waals surface area (Å²) in [6, 6.07) is 8.06. The van der Waals surface area contributed by atoms with Crippen molar-refractivity contribution < 1.29 is 13.6 Å². The van der Waals surface area contributed by atoms with E-state index in [-0.39, 0.29) is 17.1 Å². The summed E-state index contributed by atoms with van der Waals surface area (Å²) >= 11 is 0. The van der Waals surface area contributed by atoms with Gasteiger partial charge in [0.05, 0.1) is 6.26 Å². The first kappa shape index (κ1) is 13.1. The van der Waals surface area contributed by atoms with Gasteiger partial charge in [0, 0.05) is 29.1 Å². The first-order chi connectivity index (χ1) is 10.7. The maximum atomic E-state index is 13.5. The predicted molar refractivity (Wildman–Crippen MR) is 80.2 cm³/mol. The van der Waals surface area contributed by atoms with E-state index in [0.29, 0.717) is 12.3 Å². The molecule has 1 aromatic carbocycles. The summed E-state index contributed by atoms with van der Waals surface area (Å²) in [6.07, 6.45) is 5.37. The molecule has 2 heterocycles. The quantitative estimate of drug-likeness (QED) is 0.776. The highest BCUT2D eigenvalue weighted by atomic mass is 19.1. The molecule has 0 atom stereocenters. The maximum absolute atomic E-state index is 13.5. The zero-order valence-corrected chi connectivity index (χ0v) is 11.9. The SMILES string of the molecule is O=C(NCC1(c2c[nH]c3ccc(F)cc23)CC1)c1ccco1. The van der Waals surface area contributed by atoms with Gasteiger partial charge in [-0.1, -0.05) is 0 Å². The van der Waals surface area contributed by atoms with Crippen LogP contribution in [0.4, 0.5) is 4.39 Å². The fraction of sp³-hybridized carbons (Fsp3) is 0.235. The van der Waals surface area contributed by atoms with Gasteiger partial charge in [-0.15, -0.1) is 0 Å². The number of fused-ring (bicyclic) bond motifs is 1. The highest BCUT2D eigenvalue weighted by Crippen LogP contribution is 2.50. The van der Waals surface area contributed by atoms with E-state index in [2.05, 4.69) is 10.3 Å². The summed E-state index contributed by atoms with van der Waals surface area (Å²) in [7, 11) is 0. The molecule has 3 aromatic rings. The van der Waals surface area contributed by atoms with E-state index in [1.807, 2.05) is 6.20 Å². The number of nitrogens with one attached hydrogen (secondary N) is 2. The monoisotopic (exact) mass is 298 g/mol. The molecule has 0 spiro atoms. The van der Waals surface area contributed by atoms with Gasteiger partial charge >= 0.3 is 0 Å². The normalized spacial score (nSPS) is 15.9. The number of aromatic amines is 1. The van der Waals surface area contributed by atoms with E-state index < -0.39 is 0 Å². The van der Waals surface area contributed by atoms with E-state index in [9.17, 15) is 9.18 Å². The smallest absolute Gasteiger partial charge is 0.287 e. The van der Waals surface area contributed by atoms with Crippen LogP contribution in [0.1, 0.15) is 29.0 Å². The van der Waals surface area contributed by atoms with Crippen LogP contribution in [0, 0.1) is 5.82 Å². The van der Waals surface area contributed by atoms with Gasteiger partial charge < -0.3 is 14.7 Å². The number of amides is 1. The van der Waals surface area contributed by atoms with Crippen LogP contribution >= 0.6 is 0 Å². The van der Waals surface area contributed by atoms with E-state index in [1.165, 1.54) is 12.3 Å². The molecule has 1 aliphatic carbocycles. The van der Waals surface area contributed by atoms with Gasteiger partial charge in [-0.3, -0.25) is 4.79 Å². The minimum atomic E-state index is -0.247. The summed E-state index contributed by atoms with van der Waals surface area (Å²) in [6.45, 7) is 0.524. The van der Waals surface area contributed by atoms with Crippen molar-refractivity contribution in [2.45, 2.75) is 18.3 Å². The predicted octanol–water partition coefficient (Wildman–Crippen LogP) is 3.36. The molecular formula is C17H15FN2O2. The van der Waals surface area contributed by atoms with E-state index >= 15 is 0 Å². The first-order valence-electron chi connectivity index (χ1n) is 7.27. The second kappa shape index (κ2) is 4.73. The second-order valence-electron chi connectivity index (χ2n) is 5.83. The highest BCUT2D eigenvalue weighted by molar-refractivity contribution is 5.91. The summed E-state index contributed by atoms with van der Waals surface area (Å²) in [4.78, 5) is 15.2. The van der Waals surface area contributed by atoms with Crippen molar-refractivity contribution in [3.63, 3.8) is 0 Å². The van der Waals surface area contributed by atoms with Crippen LogP contribution in [0.25, 0.3) is 10.9 Å². The molecule has 1 amide bonds. The lowest BCUT2D eigenvalue weighted by atomic mass is 9.95. The van der Waals surface area contributed by atoms with Crippen LogP contribution in [0.5, 0.6) is 0 Å². The highest BCUT2D eigenvalue weighted by Gasteiger charge is 2.46. The zero-order valence-electron chi connectivity index (χ0n) is 11.9. The fourth-order valence-electron chi connectivity index (χ4n) is 2.97. The van der Waals surface area contributed by atoms with Gasteiger partial charge in [-0.05, 0) is 48.7 Å². The fourth-order valence-corrected chi connectivity index (χ4v) is 2.97. The lowest BCUT2D eigenvalue weighted by molar-refractivity contribution is 0.0922. The van der Waals surface area contributed by atoms with Crippen LogP contribution in [-0.2, 0) is 5.41 Å². The van der Waals surface area contributed by atoms with Crippen molar-refractivity contribution in [2.75, 3.05) is 6.54 Å². The zero-order chi connectivity index (χ0) is 15.2. The first-order valence-corrected chi connectivity index (χ1v) is 7.27. The van der Waals surface area contributed by atoms with E-state index in [4.69, 9.17) is 4.42 Å². The van der Waals surface area contributed by atoms with Gasteiger partial charge in [-0.2, -0.15) is 0 Å². The van der Waals surface area contributed by atoms with Crippen LogP contribution in [0.3, 0.4) is 0 Å². The average molecular weight is 298 g/mol. The number of carbonyl (C=O) groups is 1. The Kier molecular flexibility index (Phi) is 2.82. The molecule has 5 heteroatoms. The Balaban J connectivity index is 1.58. The third-order valence-corrected chi connectivity index (χ3v) is 4.40. The molecule has 4 rings (SSSR count). The Morgan fingerprint density at radius 3 is 2.95 bits per heavy atom. The Bertz CT molecular complexity index is 832. The molecule has 2 N–H and O–H groups in total. The van der Waals surface area contributed by atoms with Gasteiger partial charge in [0.2, 0.25) is 0 Å². The number of benzene rings is 1. The third-order valence-electron chi connectivity index (χ3n) is 4.40. The molecule has 0 unspecified atom stereocenters. The molecule has 4 nitrogen and oxygen atoms in total. The minimum absolute atomic E-state index is 0.103. The third kappa shape index (κ3) is 2.09. The van der Waals surface area contributed by atoms with E-state index in [0.717, 1.165) is 29.3 Å². The van der Waals surface area contributed by atoms with Crippen LogP contribution < -0.4 is 5.32 Å². The number of rotatable bonds is 4. The van der Waals surface area contributed by atoms with Crippen molar-refractivity contribution in [3.8, 4) is 0 Å². The van der Waals surface area contributed by atoms with Crippen molar-refractivity contribution in [1.82, 2.24) is 10.3 Å². The molecule has 2 aromatic heterocycles. The molecule has 1 fully saturated rings. The Morgan fingerprint density at radius 1 is 1.36 bits per heavy atom. The molecule has 0 aliphatic heterocycles. The average Bonchev–Trinajstić information content (AvgIpc) is 2.95. The Morgan fingerprint density at radius 2 is 2.23 bits per heavy atom. The molecule has 112 valence electrons. The largest absolute Gasteiger partial charge is 0.459 e. The van der Waals surface area contributed by atoms with Crippen LogP contribution in [0.2, 0.25) is 0 Å². The van der Waals surface area contributed by atoms with Crippen LogP contribution in [-0.4, -0.2) is 17.4 Å². The molecule has 0 bridgehead atoms. The maximum Gasteiger partial charge on any atom is 0.287 e. The lowest BCUT2D eigenvalue weighted by Gasteiger charge is -2.15. The summed E-state index contributed by atoms with van der Waals surface area (Å²) in [5, 5.41) is 3.81. The molecule has 1 saturated carbocycles. The summed E-state index contributed by atoms with van der Waals surface area (Å²) in [5.74, 6) is -0.160. The molecule has 0 radical (unpaired) electrons. The van der Waals surface area contributed by atoms with Crippen molar-refractivity contribution in [3.05, 3.63) is 59.9 Å². The summed E-state index contributed by atoms with van der Waals surface area (Å²) < 4.78 is 18.6. The van der Waals surface area contributed by atoms with Crippen LogP contribution in [0.15, 0.2) is 47.2 Å². The van der Waals surface area contributed by atoms with Crippen molar-refractivity contribution >= 4 is 16.8 Å². The van der Waals surface area contributed by atoms with Gasteiger partial charge in [0.1, 0.15) is 5.82 Å². The Hall–Kier alpha value is -2.56. The lowest BCUT2D eigenvalue weighted by Crippen LogP contribution is -2.31. The molecule has 1 aliphatic rings. The van der Waals surface area contributed by atoms with Gasteiger partial charge in [-0.25, -0.2) is 4.39 Å². The van der Waals surface area contributed by atoms with Gasteiger partial charge in [0.25, 0.3) is 5.91 Å². The topological polar surface area (TPSA) is 58.0 Å². The summed E-state index contributed by atoms with van der Waals surface area (Å²) in [5.41, 5.74) is 1.88. The molecule has 0 saturated heterocycles. The van der Waals surface area contributed by atoms with E-state index in [1.54, 1.807) is 24.3 Å². The minimum Gasteiger partial charge on any atom is -0.459 e. The number of halogens is 1. The number of furan rings is 1.